The van der Waals surface area contributed by atoms with Crippen LogP contribution in [-0.2, 0) is 9.59 Å². The molecule has 2 saturated heterocycles. The van der Waals surface area contributed by atoms with Gasteiger partial charge >= 0.3 is 5.97 Å². The van der Waals surface area contributed by atoms with Gasteiger partial charge in [0, 0.05) is 39.3 Å². The topological polar surface area (TPSA) is 64.1 Å². The van der Waals surface area contributed by atoms with Crippen LogP contribution in [0, 0.1) is 0 Å². The van der Waals surface area contributed by atoms with E-state index in [4.69, 9.17) is 5.11 Å². The van der Waals surface area contributed by atoms with Gasteiger partial charge in [0.1, 0.15) is 0 Å². The number of carboxylic acids is 1. The lowest BCUT2D eigenvalue weighted by atomic mass is 10.3. The van der Waals surface area contributed by atoms with E-state index in [1.165, 1.54) is 0 Å². The first-order chi connectivity index (χ1) is 8.65. The molecule has 6 nitrogen and oxygen atoms in total. The Balaban J connectivity index is 1.69. The minimum absolute atomic E-state index is 0.105. The lowest BCUT2D eigenvalue weighted by molar-refractivity contribution is -0.139. The van der Waals surface area contributed by atoms with Crippen molar-refractivity contribution in [2.24, 2.45) is 0 Å². The van der Waals surface area contributed by atoms with Crippen LogP contribution < -0.4 is 0 Å². The zero-order valence-corrected chi connectivity index (χ0v) is 10.7. The number of hydrogen-bond acceptors (Lipinski definition) is 4. The second kappa shape index (κ2) is 6.15. The Labute approximate surface area is 107 Å². The highest BCUT2D eigenvalue weighted by atomic mass is 16.4. The molecule has 0 saturated carbocycles. The first-order valence-corrected chi connectivity index (χ1v) is 6.59. The number of amides is 1. The van der Waals surface area contributed by atoms with E-state index in [-0.39, 0.29) is 12.5 Å². The number of nitrogens with zero attached hydrogens (tertiary/aromatic N) is 3. The van der Waals surface area contributed by atoms with Crippen molar-refractivity contribution >= 4 is 11.9 Å². The molecule has 18 heavy (non-hydrogen) atoms. The number of likely N-dealkylation sites (tertiary alicyclic amines) is 1. The van der Waals surface area contributed by atoms with E-state index in [1.54, 1.807) is 0 Å². The van der Waals surface area contributed by atoms with Crippen molar-refractivity contribution in [3.05, 3.63) is 0 Å². The van der Waals surface area contributed by atoms with Gasteiger partial charge in [-0.15, -0.1) is 0 Å². The highest BCUT2D eigenvalue weighted by Crippen LogP contribution is 2.09. The molecule has 2 rings (SSSR count). The molecule has 2 aliphatic rings. The van der Waals surface area contributed by atoms with Gasteiger partial charge in [0.05, 0.1) is 13.1 Å². The number of carboxylic acid groups (broad SMARTS) is 1. The smallest absolute Gasteiger partial charge is 0.317 e. The summed E-state index contributed by atoms with van der Waals surface area (Å²) in [7, 11) is 0. The van der Waals surface area contributed by atoms with E-state index in [9.17, 15) is 9.59 Å². The average Bonchev–Trinajstić information content (AvgIpc) is 2.84. The average molecular weight is 255 g/mol. The third kappa shape index (κ3) is 3.68. The third-order valence-corrected chi connectivity index (χ3v) is 3.64. The van der Waals surface area contributed by atoms with Gasteiger partial charge in [-0.3, -0.25) is 19.4 Å². The van der Waals surface area contributed by atoms with Gasteiger partial charge in [-0.1, -0.05) is 0 Å². The van der Waals surface area contributed by atoms with Crippen molar-refractivity contribution in [2.45, 2.75) is 12.8 Å². The van der Waals surface area contributed by atoms with Gasteiger partial charge in [-0.05, 0) is 12.8 Å². The summed E-state index contributed by atoms with van der Waals surface area (Å²) in [4.78, 5) is 28.5. The molecule has 1 amide bonds. The summed E-state index contributed by atoms with van der Waals surface area (Å²) in [5.74, 6) is -0.559. The number of rotatable bonds is 4. The zero-order valence-electron chi connectivity index (χ0n) is 10.7. The van der Waals surface area contributed by atoms with Crippen molar-refractivity contribution in [1.29, 1.82) is 0 Å². The second-order valence-corrected chi connectivity index (χ2v) is 5.03. The molecule has 0 unspecified atom stereocenters. The predicted molar refractivity (Wildman–Crippen MR) is 66.3 cm³/mol. The van der Waals surface area contributed by atoms with Gasteiger partial charge in [-0.2, -0.15) is 0 Å². The number of carbonyl (C=O) groups is 2. The Bertz CT molecular complexity index is 308. The van der Waals surface area contributed by atoms with Crippen molar-refractivity contribution in [1.82, 2.24) is 14.7 Å². The molecule has 0 spiro atoms. The molecule has 0 radical (unpaired) electrons. The third-order valence-electron chi connectivity index (χ3n) is 3.64. The van der Waals surface area contributed by atoms with E-state index < -0.39 is 5.97 Å². The van der Waals surface area contributed by atoms with E-state index in [0.29, 0.717) is 6.54 Å². The van der Waals surface area contributed by atoms with Crippen LogP contribution in [0.3, 0.4) is 0 Å². The van der Waals surface area contributed by atoms with E-state index >= 15 is 0 Å². The Hall–Kier alpha value is -1.14. The molecule has 6 heteroatoms. The van der Waals surface area contributed by atoms with E-state index in [0.717, 1.165) is 52.1 Å². The Kier molecular flexibility index (Phi) is 4.54. The van der Waals surface area contributed by atoms with Crippen molar-refractivity contribution in [2.75, 3.05) is 52.4 Å². The zero-order chi connectivity index (χ0) is 13.0. The minimum Gasteiger partial charge on any atom is -0.480 e. The predicted octanol–water partition coefficient (Wildman–Crippen LogP) is -0.689. The molecule has 2 fully saturated rings. The van der Waals surface area contributed by atoms with Gasteiger partial charge < -0.3 is 10.0 Å². The first kappa shape index (κ1) is 13.3. The van der Waals surface area contributed by atoms with Crippen molar-refractivity contribution in [3.8, 4) is 0 Å². The number of carbonyl (C=O) groups excluding carboxylic acids is 1. The van der Waals surface area contributed by atoms with E-state index in [1.807, 2.05) is 9.80 Å². The van der Waals surface area contributed by atoms with Crippen LogP contribution in [0.2, 0.25) is 0 Å². The fourth-order valence-corrected chi connectivity index (χ4v) is 2.55. The van der Waals surface area contributed by atoms with Crippen LogP contribution in [0.1, 0.15) is 12.8 Å². The van der Waals surface area contributed by atoms with Crippen LogP contribution in [0.15, 0.2) is 0 Å². The first-order valence-electron chi connectivity index (χ1n) is 6.59. The monoisotopic (exact) mass is 255 g/mol. The fourth-order valence-electron chi connectivity index (χ4n) is 2.55. The highest BCUT2D eigenvalue weighted by molar-refractivity contribution is 5.78. The molecule has 2 heterocycles. The van der Waals surface area contributed by atoms with Gasteiger partial charge in [-0.25, -0.2) is 0 Å². The van der Waals surface area contributed by atoms with Crippen LogP contribution in [0.4, 0.5) is 0 Å². The lowest BCUT2D eigenvalue weighted by Crippen LogP contribution is -2.50. The molecular weight excluding hydrogens is 234 g/mol. The molecule has 0 aromatic rings. The quantitative estimate of drug-likeness (QED) is 0.720. The summed E-state index contributed by atoms with van der Waals surface area (Å²) in [6, 6.07) is 0. The summed E-state index contributed by atoms with van der Waals surface area (Å²) in [5, 5.41) is 8.70. The van der Waals surface area contributed by atoms with Gasteiger partial charge in [0.15, 0.2) is 0 Å². The number of piperazine rings is 1. The van der Waals surface area contributed by atoms with Crippen LogP contribution in [0.25, 0.3) is 0 Å². The second-order valence-electron chi connectivity index (χ2n) is 5.03. The Morgan fingerprint density at radius 1 is 0.833 bits per heavy atom. The number of aliphatic carboxylic acids is 1. The normalized spacial score (nSPS) is 22.3. The van der Waals surface area contributed by atoms with Crippen LogP contribution >= 0.6 is 0 Å². The van der Waals surface area contributed by atoms with Gasteiger partial charge in [0.2, 0.25) is 5.91 Å². The maximum absolute atomic E-state index is 11.9. The van der Waals surface area contributed by atoms with Crippen LogP contribution in [0.5, 0.6) is 0 Å². The Morgan fingerprint density at radius 2 is 1.33 bits per heavy atom. The summed E-state index contributed by atoms with van der Waals surface area (Å²) >= 11 is 0. The van der Waals surface area contributed by atoms with Crippen molar-refractivity contribution < 1.29 is 14.7 Å². The molecule has 0 aromatic carbocycles. The summed E-state index contributed by atoms with van der Waals surface area (Å²) in [5.41, 5.74) is 0. The molecule has 0 aromatic heterocycles. The molecule has 1 N–H and O–H groups in total. The SMILES string of the molecule is O=C(O)CN1CCN(CC(=O)N2CCCC2)CC1. The van der Waals surface area contributed by atoms with Crippen molar-refractivity contribution in [3.63, 3.8) is 0 Å². The summed E-state index contributed by atoms with van der Waals surface area (Å²) < 4.78 is 0. The summed E-state index contributed by atoms with van der Waals surface area (Å²) in [6.07, 6.45) is 2.25. The standard InChI is InChI=1S/C12H21N3O3/c16-11(15-3-1-2-4-15)9-13-5-7-14(8-6-13)10-12(17)18/h1-10H2,(H,17,18). The molecule has 0 atom stereocenters. The van der Waals surface area contributed by atoms with Gasteiger partial charge in [0.25, 0.3) is 0 Å². The lowest BCUT2D eigenvalue weighted by Gasteiger charge is -2.34. The maximum atomic E-state index is 11.9. The van der Waals surface area contributed by atoms with Crippen LogP contribution in [-0.4, -0.2) is 84.0 Å². The molecular formula is C12H21N3O3. The molecule has 0 aliphatic carbocycles. The number of hydrogen-bond donors (Lipinski definition) is 1. The minimum atomic E-state index is -0.781. The summed E-state index contributed by atoms with van der Waals surface area (Å²) in [6.45, 7) is 5.43. The maximum Gasteiger partial charge on any atom is 0.317 e. The Morgan fingerprint density at radius 3 is 1.83 bits per heavy atom. The highest BCUT2D eigenvalue weighted by Gasteiger charge is 2.23. The molecule has 0 bridgehead atoms. The molecule has 2 aliphatic heterocycles. The fraction of sp³-hybridized carbons (Fsp3) is 0.833. The molecule has 102 valence electrons. The van der Waals surface area contributed by atoms with E-state index in [2.05, 4.69) is 4.90 Å². The largest absolute Gasteiger partial charge is 0.480 e.